The van der Waals surface area contributed by atoms with E-state index < -0.39 is 17.9 Å². The van der Waals surface area contributed by atoms with Gasteiger partial charge in [0.25, 0.3) is 0 Å². The first-order valence-electron chi connectivity index (χ1n) is 13.5. The van der Waals surface area contributed by atoms with Crippen LogP contribution in [0, 0.1) is 11.8 Å². The smallest absolute Gasteiger partial charge is 0.333 e. The maximum atomic E-state index is 13.1. The quantitative estimate of drug-likeness (QED) is 0.222. The number of aliphatic hydroxyl groups excluding tert-OH is 1. The van der Waals surface area contributed by atoms with E-state index in [9.17, 15) is 19.5 Å². The number of rotatable bonds is 13. The Morgan fingerprint density at radius 3 is 2.05 bits per heavy atom. The van der Waals surface area contributed by atoms with Gasteiger partial charge in [-0.3, -0.25) is 4.79 Å². The summed E-state index contributed by atoms with van der Waals surface area (Å²) in [5.74, 6) is -1.66. The van der Waals surface area contributed by atoms with Gasteiger partial charge < -0.3 is 19.5 Å². The van der Waals surface area contributed by atoms with Crippen LogP contribution in [-0.2, 0) is 23.9 Å². The fraction of sp³-hybridized carbons (Fsp3) is 0.375. The van der Waals surface area contributed by atoms with Crippen molar-refractivity contribution in [3.63, 3.8) is 0 Å². The molecule has 2 aliphatic rings. The van der Waals surface area contributed by atoms with Gasteiger partial charge in [0.1, 0.15) is 25.5 Å². The van der Waals surface area contributed by atoms with Crippen LogP contribution in [0.3, 0.4) is 0 Å². The highest BCUT2D eigenvalue weighted by atomic mass is 16.5. The van der Waals surface area contributed by atoms with Gasteiger partial charge in [0, 0.05) is 41.4 Å². The van der Waals surface area contributed by atoms with Crippen LogP contribution in [0.1, 0.15) is 33.3 Å². The van der Waals surface area contributed by atoms with Gasteiger partial charge in [-0.1, -0.05) is 37.4 Å². The topological polar surface area (TPSA) is 96.1 Å². The molecule has 0 spiro atoms. The van der Waals surface area contributed by atoms with Crippen molar-refractivity contribution >= 4 is 34.7 Å². The predicted octanol–water partition coefficient (Wildman–Crippen LogP) is 4.44. The number of ether oxygens (including phenoxy) is 2. The first-order chi connectivity index (χ1) is 19.1. The Labute approximate surface area is 236 Å². The van der Waals surface area contributed by atoms with Gasteiger partial charge in [-0.15, -0.1) is 0 Å². The lowest BCUT2D eigenvalue weighted by Crippen LogP contribution is -2.36. The Balaban J connectivity index is 1.63. The molecule has 212 valence electrons. The summed E-state index contributed by atoms with van der Waals surface area (Å²) < 4.78 is 12.5. The van der Waals surface area contributed by atoms with Crippen LogP contribution >= 0.6 is 0 Å². The molecule has 8 nitrogen and oxygen atoms in total. The van der Waals surface area contributed by atoms with E-state index in [0.717, 1.165) is 17.9 Å². The van der Waals surface area contributed by atoms with Crippen molar-refractivity contribution in [2.45, 2.75) is 27.7 Å². The molecule has 0 fully saturated rings. The van der Waals surface area contributed by atoms with Crippen molar-refractivity contribution in [1.82, 2.24) is 0 Å². The highest BCUT2D eigenvalue weighted by Crippen LogP contribution is 2.42. The molecule has 40 heavy (non-hydrogen) atoms. The molecule has 0 saturated heterocycles. The maximum absolute atomic E-state index is 13.1. The van der Waals surface area contributed by atoms with E-state index in [4.69, 9.17) is 9.47 Å². The summed E-state index contributed by atoms with van der Waals surface area (Å²) in [5, 5.41) is 10.9. The van der Waals surface area contributed by atoms with E-state index >= 15 is 0 Å². The third-order valence-electron chi connectivity index (χ3n) is 6.98. The minimum atomic E-state index is -0.606. The van der Waals surface area contributed by atoms with Crippen molar-refractivity contribution < 1.29 is 33.5 Å². The van der Waals surface area contributed by atoms with Gasteiger partial charge in [0.15, 0.2) is 18.0 Å². The largest absolute Gasteiger partial charge is 0.511 e. The van der Waals surface area contributed by atoms with E-state index in [2.05, 4.69) is 22.6 Å². The number of hydrogen-bond acceptors (Lipinski definition) is 7. The normalized spacial score (nSPS) is 17.8. The first kappa shape index (κ1) is 30.3. The number of nitrogens with zero attached hydrogens (tertiary/aromatic N) is 2. The standard InChI is InChI=1S/C32H38N2O6/c1-7-33(17-19-39-31(37)21(3)4)25-13-9-23(10-14-25)27-29(35)28(30(27)36)24-11-15-26(16-12-24)34(8-2)18-20-40-32(38)22(5)6/h9-16,23,27H,3,5,7-8,17-20H2,1-2,4,6H3/p+1. The van der Waals surface area contributed by atoms with Crippen LogP contribution in [0.25, 0.3) is 5.57 Å². The molecular formula is C32H39N2O6+. The van der Waals surface area contributed by atoms with Crippen LogP contribution in [0.2, 0.25) is 0 Å². The lowest BCUT2D eigenvalue weighted by molar-refractivity contribution is -0.524. The Morgan fingerprint density at radius 1 is 0.975 bits per heavy atom. The third kappa shape index (κ3) is 7.05. The summed E-state index contributed by atoms with van der Waals surface area (Å²) in [7, 11) is 0. The Hall–Kier alpha value is -4.20. The molecule has 0 aliphatic heterocycles. The zero-order chi connectivity index (χ0) is 29.4. The second-order valence-electron chi connectivity index (χ2n) is 9.86. The van der Waals surface area contributed by atoms with E-state index in [-0.39, 0.29) is 30.7 Å². The van der Waals surface area contributed by atoms with Gasteiger partial charge >= 0.3 is 11.9 Å². The van der Waals surface area contributed by atoms with E-state index in [0.29, 0.717) is 41.9 Å². The maximum Gasteiger partial charge on any atom is 0.333 e. The number of hydrogen-bond donors (Lipinski definition) is 1. The molecule has 0 bridgehead atoms. The van der Waals surface area contributed by atoms with Gasteiger partial charge in [-0.25, -0.2) is 14.2 Å². The number of likely N-dealkylation sites (N-methyl/N-ethyl adjacent to an activating group) is 2. The number of anilines is 1. The summed E-state index contributed by atoms with van der Waals surface area (Å²) in [6.07, 6.45) is 7.73. The van der Waals surface area contributed by atoms with Crippen molar-refractivity contribution in [3.05, 3.63) is 84.2 Å². The Morgan fingerprint density at radius 2 is 1.55 bits per heavy atom. The highest BCUT2D eigenvalue weighted by Gasteiger charge is 2.44. The lowest BCUT2D eigenvalue weighted by atomic mass is 9.71. The summed E-state index contributed by atoms with van der Waals surface area (Å²) in [4.78, 5) is 38.4. The molecule has 0 radical (unpaired) electrons. The van der Waals surface area contributed by atoms with Gasteiger partial charge in [-0.2, -0.15) is 0 Å². The first-order valence-corrected chi connectivity index (χ1v) is 13.5. The Kier molecular flexibility index (Phi) is 10.4. The second-order valence-corrected chi connectivity index (χ2v) is 9.86. The number of carbonyl (C=O) groups is 3. The summed E-state index contributed by atoms with van der Waals surface area (Å²) >= 11 is 0. The third-order valence-corrected chi connectivity index (χ3v) is 6.98. The van der Waals surface area contributed by atoms with Gasteiger partial charge in [0.2, 0.25) is 0 Å². The molecule has 0 heterocycles. The molecule has 1 aromatic carbocycles. The average molecular weight is 548 g/mol. The van der Waals surface area contributed by atoms with Crippen molar-refractivity contribution in [3.8, 4) is 0 Å². The fourth-order valence-corrected chi connectivity index (χ4v) is 4.62. The lowest BCUT2D eigenvalue weighted by Gasteiger charge is -2.32. The molecule has 3 rings (SSSR count). The van der Waals surface area contributed by atoms with Crippen LogP contribution < -0.4 is 4.90 Å². The van der Waals surface area contributed by atoms with E-state index in [1.54, 1.807) is 13.8 Å². The highest BCUT2D eigenvalue weighted by molar-refractivity contribution is 6.30. The number of esters is 2. The van der Waals surface area contributed by atoms with Crippen LogP contribution in [0.15, 0.2) is 78.6 Å². The number of Topliss-reactive ketones (excluding diaryl/α,β-unsaturated/α-hetero) is 1. The number of carbonyl (C=O) groups excluding carboxylic acids is 3. The molecule has 0 aromatic heterocycles. The molecule has 1 aromatic rings. The number of benzene rings is 1. The van der Waals surface area contributed by atoms with Gasteiger partial charge in [-0.05, 0) is 45.4 Å². The van der Waals surface area contributed by atoms with Crippen molar-refractivity contribution in [2.24, 2.45) is 11.8 Å². The molecular weight excluding hydrogens is 508 g/mol. The zero-order valence-corrected chi connectivity index (χ0v) is 23.8. The average Bonchev–Trinajstić information content (AvgIpc) is 2.94. The molecule has 1 N–H and O–H groups in total. The minimum Gasteiger partial charge on any atom is -0.511 e. The number of aliphatic hydroxyl groups is 1. The van der Waals surface area contributed by atoms with Crippen LogP contribution in [-0.4, -0.2) is 72.5 Å². The number of allylic oxidation sites excluding steroid dienone is 6. The predicted molar refractivity (Wildman–Crippen MR) is 156 cm³/mol. The summed E-state index contributed by atoms with van der Waals surface area (Å²) in [5.41, 5.74) is 3.63. The monoisotopic (exact) mass is 547 g/mol. The molecule has 0 saturated carbocycles. The minimum absolute atomic E-state index is 0.0916. The number of ketones is 1. The molecule has 0 amide bonds. The molecule has 1 unspecified atom stereocenters. The van der Waals surface area contributed by atoms with Crippen LogP contribution in [0.5, 0.6) is 0 Å². The molecule has 8 heteroatoms. The van der Waals surface area contributed by atoms with Crippen LogP contribution in [0.4, 0.5) is 5.69 Å². The summed E-state index contributed by atoms with van der Waals surface area (Å²) in [6, 6.07) is 7.45. The molecule has 1 atom stereocenters. The summed E-state index contributed by atoms with van der Waals surface area (Å²) in [6.45, 7) is 17.4. The fourth-order valence-electron chi connectivity index (χ4n) is 4.62. The van der Waals surface area contributed by atoms with Gasteiger partial charge in [0.05, 0.1) is 18.0 Å². The van der Waals surface area contributed by atoms with E-state index in [1.165, 1.54) is 0 Å². The molecule has 2 aliphatic carbocycles. The van der Waals surface area contributed by atoms with E-state index in [1.807, 2.05) is 62.4 Å². The zero-order valence-electron chi connectivity index (χ0n) is 23.8. The SMILES string of the molecule is C=C(C)C(=O)OCCN(CC)c1ccc(C2=C(O)C(C3C=CC(=[N+](CC)CCOC(=O)C(=C)C)C=C3)C2=O)cc1. The Bertz CT molecular complexity index is 1280. The van der Waals surface area contributed by atoms with Crippen molar-refractivity contribution in [1.29, 1.82) is 0 Å². The second kappa shape index (κ2) is 13.7. The van der Waals surface area contributed by atoms with Crippen molar-refractivity contribution in [2.75, 3.05) is 44.3 Å².